The first-order chi connectivity index (χ1) is 22.5. The van der Waals surface area contributed by atoms with Crippen molar-refractivity contribution in [2.24, 2.45) is 0 Å². The summed E-state index contributed by atoms with van der Waals surface area (Å²) in [4.78, 5) is 44.0. The maximum absolute atomic E-state index is 14.2. The van der Waals surface area contributed by atoms with Crippen molar-refractivity contribution < 1.29 is 28.3 Å². The van der Waals surface area contributed by atoms with E-state index in [0.29, 0.717) is 42.9 Å². The van der Waals surface area contributed by atoms with Crippen LogP contribution in [0.1, 0.15) is 69.7 Å². The molecule has 0 bridgehead atoms. The second-order valence-electron chi connectivity index (χ2n) is 11.9. The Kier molecular flexibility index (Phi) is 12.2. The van der Waals surface area contributed by atoms with Crippen LogP contribution in [0.15, 0.2) is 60.7 Å². The fourth-order valence-electron chi connectivity index (χ4n) is 5.93. The lowest BCUT2D eigenvalue weighted by Crippen LogP contribution is -2.63. The van der Waals surface area contributed by atoms with Crippen molar-refractivity contribution in [1.82, 2.24) is 20.4 Å². The summed E-state index contributed by atoms with van der Waals surface area (Å²) in [5, 5.41) is 26.7. The summed E-state index contributed by atoms with van der Waals surface area (Å²) in [6, 6.07) is 14.4. The van der Waals surface area contributed by atoms with Gasteiger partial charge in [0.1, 0.15) is 17.7 Å². The van der Waals surface area contributed by atoms with Gasteiger partial charge in [-0.15, -0.1) is 0 Å². The van der Waals surface area contributed by atoms with Gasteiger partial charge in [-0.3, -0.25) is 14.4 Å². The molecule has 1 aliphatic rings. The molecule has 4 rings (SSSR count). The van der Waals surface area contributed by atoms with Crippen LogP contribution in [0.3, 0.4) is 0 Å². The lowest BCUT2D eigenvalue weighted by Gasteiger charge is -2.38. The average molecular weight is 646 g/mol. The van der Waals surface area contributed by atoms with Gasteiger partial charge >= 0.3 is 0 Å². The zero-order valence-corrected chi connectivity index (χ0v) is 26.9. The molecule has 248 valence electrons. The highest BCUT2D eigenvalue weighted by Crippen LogP contribution is 2.19. The average Bonchev–Trinajstić information content (AvgIpc) is 3.04. The number of halogens is 2. The second-order valence-corrected chi connectivity index (χ2v) is 11.9. The van der Waals surface area contributed by atoms with E-state index < -0.39 is 41.6 Å². The Balaban J connectivity index is 1.61. The molecule has 1 heterocycles. The summed E-state index contributed by atoms with van der Waals surface area (Å²) < 4.78 is 28.3. The number of rotatable bonds is 13. The zero-order valence-electron chi connectivity index (χ0n) is 26.9. The quantitative estimate of drug-likeness (QED) is 0.257. The first kappa shape index (κ1) is 35.2. The van der Waals surface area contributed by atoms with E-state index >= 15 is 0 Å². The third-order valence-corrected chi connectivity index (χ3v) is 8.06. The maximum Gasteiger partial charge on any atom is 0.253 e. The SMILES string of the molecule is CCCN(CCC)C(=O)c1cc(C)cc(C(=O)N[C@@H](Cc2cc(F)cc(F)c2)C(O)[C@@H]2NCCN(Cc3cccc(C#N)c3)C2=O)c1. The molecule has 1 fully saturated rings. The van der Waals surface area contributed by atoms with Crippen LogP contribution < -0.4 is 10.6 Å². The summed E-state index contributed by atoms with van der Waals surface area (Å²) in [7, 11) is 0. The van der Waals surface area contributed by atoms with Crippen molar-refractivity contribution in [3.63, 3.8) is 0 Å². The smallest absolute Gasteiger partial charge is 0.253 e. The van der Waals surface area contributed by atoms with Gasteiger partial charge < -0.3 is 25.5 Å². The molecular formula is C36H41F2N5O4. The van der Waals surface area contributed by atoms with Crippen molar-refractivity contribution in [3.8, 4) is 6.07 Å². The lowest BCUT2D eigenvalue weighted by atomic mass is 9.93. The van der Waals surface area contributed by atoms with Gasteiger partial charge in [0.25, 0.3) is 11.8 Å². The summed E-state index contributed by atoms with van der Waals surface area (Å²) in [5.74, 6) is -2.87. The number of hydrogen-bond donors (Lipinski definition) is 3. The van der Waals surface area contributed by atoms with Gasteiger partial charge in [0.15, 0.2) is 0 Å². The number of piperazine rings is 1. The highest BCUT2D eigenvalue weighted by molar-refractivity contribution is 6.00. The first-order valence-corrected chi connectivity index (χ1v) is 15.9. The molecule has 3 aromatic rings. The number of benzene rings is 3. The molecule has 1 unspecified atom stereocenters. The van der Waals surface area contributed by atoms with E-state index in [0.717, 1.165) is 36.6 Å². The number of nitriles is 1. The Morgan fingerprint density at radius 2 is 1.72 bits per heavy atom. The molecule has 3 aromatic carbocycles. The molecule has 0 aromatic heterocycles. The van der Waals surface area contributed by atoms with E-state index in [2.05, 4.69) is 16.7 Å². The molecule has 0 spiro atoms. The molecule has 0 aliphatic carbocycles. The fourth-order valence-corrected chi connectivity index (χ4v) is 5.93. The maximum atomic E-state index is 14.2. The number of aliphatic hydroxyl groups excluding tert-OH is 1. The van der Waals surface area contributed by atoms with Crippen LogP contribution in [-0.2, 0) is 17.8 Å². The third-order valence-electron chi connectivity index (χ3n) is 8.06. The summed E-state index contributed by atoms with van der Waals surface area (Å²) >= 11 is 0. The summed E-state index contributed by atoms with van der Waals surface area (Å²) in [6.07, 6.45) is -0.122. The predicted molar refractivity (Wildman–Crippen MR) is 173 cm³/mol. The lowest BCUT2D eigenvalue weighted by molar-refractivity contribution is -0.140. The molecule has 0 saturated carbocycles. The molecule has 11 heteroatoms. The van der Waals surface area contributed by atoms with E-state index in [1.54, 1.807) is 53.1 Å². The Morgan fingerprint density at radius 1 is 1.04 bits per heavy atom. The molecule has 3 N–H and O–H groups in total. The van der Waals surface area contributed by atoms with Crippen molar-refractivity contribution in [2.75, 3.05) is 26.2 Å². The van der Waals surface area contributed by atoms with Gasteiger partial charge in [0.2, 0.25) is 5.91 Å². The molecule has 9 nitrogen and oxygen atoms in total. The Labute approximate surface area is 274 Å². The van der Waals surface area contributed by atoms with Crippen LogP contribution in [0, 0.1) is 29.9 Å². The number of aryl methyl sites for hydroxylation is 1. The molecular weight excluding hydrogens is 604 g/mol. The van der Waals surface area contributed by atoms with E-state index in [-0.39, 0.29) is 30.0 Å². The summed E-state index contributed by atoms with van der Waals surface area (Å²) in [5.41, 5.74) is 2.58. The molecule has 1 aliphatic heterocycles. The van der Waals surface area contributed by atoms with Crippen LogP contribution in [0.4, 0.5) is 8.78 Å². The molecule has 3 amide bonds. The highest BCUT2D eigenvalue weighted by Gasteiger charge is 2.38. The molecule has 0 radical (unpaired) electrons. The minimum Gasteiger partial charge on any atom is -0.389 e. The predicted octanol–water partition coefficient (Wildman–Crippen LogP) is 4.11. The van der Waals surface area contributed by atoms with Gasteiger partial charge in [0.05, 0.1) is 23.8 Å². The Morgan fingerprint density at radius 3 is 2.38 bits per heavy atom. The third kappa shape index (κ3) is 9.21. The van der Waals surface area contributed by atoms with E-state index in [4.69, 9.17) is 0 Å². The van der Waals surface area contributed by atoms with E-state index in [1.165, 1.54) is 6.07 Å². The van der Waals surface area contributed by atoms with Gasteiger partial charge in [-0.2, -0.15) is 5.26 Å². The number of amides is 3. The number of aliphatic hydroxyl groups is 1. The van der Waals surface area contributed by atoms with E-state index in [1.807, 2.05) is 13.8 Å². The molecule has 3 atom stereocenters. The Hall–Kier alpha value is -4.66. The normalized spacial score (nSPS) is 15.9. The monoisotopic (exact) mass is 645 g/mol. The van der Waals surface area contributed by atoms with E-state index in [9.17, 15) is 33.5 Å². The fraction of sp³-hybridized carbons (Fsp3) is 0.389. The number of nitrogens with zero attached hydrogens (tertiary/aromatic N) is 3. The van der Waals surface area contributed by atoms with Crippen molar-refractivity contribution in [2.45, 2.75) is 64.8 Å². The zero-order chi connectivity index (χ0) is 34.1. The van der Waals surface area contributed by atoms with Crippen molar-refractivity contribution in [1.29, 1.82) is 5.26 Å². The minimum atomic E-state index is -1.50. The molecule has 1 saturated heterocycles. The van der Waals surface area contributed by atoms with Gasteiger partial charge in [-0.25, -0.2) is 8.78 Å². The van der Waals surface area contributed by atoms with Gasteiger partial charge in [-0.05, 0) is 85.3 Å². The van der Waals surface area contributed by atoms with Gasteiger partial charge in [-0.1, -0.05) is 26.0 Å². The number of carbonyl (C=O) groups is 3. The summed E-state index contributed by atoms with van der Waals surface area (Å²) in [6.45, 7) is 7.78. The van der Waals surface area contributed by atoms with Crippen LogP contribution in [0.2, 0.25) is 0 Å². The van der Waals surface area contributed by atoms with Crippen LogP contribution in [0.5, 0.6) is 0 Å². The Bertz CT molecular complexity index is 1620. The number of hydrogen-bond acceptors (Lipinski definition) is 6. The van der Waals surface area contributed by atoms with Crippen molar-refractivity contribution in [3.05, 3.63) is 106 Å². The minimum absolute atomic E-state index is 0.172. The van der Waals surface area contributed by atoms with Crippen LogP contribution in [0.25, 0.3) is 0 Å². The van der Waals surface area contributed by atoms with Crippen LogP contribution in [-0.4, -0.2) is 77.0 Å². The largest absolute Gasteiger partial charge is 0.389 e. The van der Waals surface area contributed by atoms with Gasteiger partial charge in [0, 0.05) is 49.9 Å². The number of carbonyl (C=O) groups excluding carboxylic acids is 3. The topological polar surface area (TPSA) is 126 Å². The second kappa shape index (κ2) is 16.3. The first-order valence-electron chi connectivity index (χ1n) is 15.9. The molecule has 47 heavy (non-hydrogen) atoms. The van der Waals surface area contributed by atoms with Crippen LogP contribution >= 0.6 is 0 Å². The standard InChI is InChI=1S/C36H41F2N5O4/c1-4-10-42(11-5-2)35(46)28-14-23(3)13-27(19-28)34(45)41-31(18-26-16-29(37)20-30(38)17-26)33(44)32-36(47)43(12-9-40-32)22-25-8-6-7-24(15-25)21-39/h6-8,13-17,19-20,31-33,40,44H,4-5,9-12,18,22H2,1-3H3,(H,41,45)/t31-,32-,33?/m0/s1. The number of nitrogens with one attached hydrogen (secondary N) is 2. The highest BCUT2D eigenvalue weighted by atomic mass is 19.1. The van der Waals surface area contributed by atoms with Crippen molar-refractivity contribution >= 4 is 17.7 Å².